The molecule has 7 nitrogen and oxygen atoms in total. The summed E-state index contributed by atoms with van der Waals surface area (Å²) in [5.74, 6) is 0.0838. The van der Waals surface area contributed by atoms with Gasteiger partial charge in [-0.15, -0.1) is 5.10 Å². The van der Waals surface area contributed by atoms with Gasteiger partial charge >= 0.3 is 5.97 Å². The molecule has 0 saturated heterocycles. The zero-order valence-electron chi connectivity index (χ0n) is 9.78. The largest absolute Gasteiger partial charge is 0.480 e. The zero-order chi connectivity index (χ0) is 13.0. The van der Waals surface area contributed by atoms with Crippen LogP contribution in [-0.4, -0.2) is 37.9 Å². The van der Waals surface area contributed by atoms with Gasteiger partial charge in [0.1, 0.15) is 11.4 Å². The van der Waals surface area contributed by atoms with E-state index in [0.717, 1.165) is 0 Å². The van der Waals surface area contributed by atoms with Crippen LogP contribution in [0.25, 0.3) is 5.69 Å². The van der Waals surface area contributed by atoms with Gasteiger partial charge in [-0.2, -0.15) is 4.68 Å². The third-order valence-corrected chi connectivity index (χ3v) is 2.29. The van der Waals surface area contributed by atoms with Crippen LogP contribution in [-0.2, 0) is 11.2 Å². The molecule has 0 aliphatic carbocycles. The van der Waals surface area contributed by atoms with Crippen molar-refractivity contribution >= 4 is 5.97 Å². The van der Waals surface area contributed by atoms with Crippen LogP contribution in [0, 0.1) is 0 Å². The summed E-state index contributed by atoms with van der Waals surface area (Å²) in [6.45, 7) is 1.53. The van der Waals surface area contributed by atoms with Crippen LogP contribution < -0.4 is 4.74 Å². The van der Waals surface area contributed by atoms with E-state index >= 15 is 0 Å². The smallest absolute Gasteiger partial charge is 0.341 e. The molecule has 1 aromatic heterocycles. The number of carboxylic acid groups (broad SMARTS) is 1. The van der Waals surface area contributed by atoms with Gasteiger partial charge in [-0.05, 0) is 22.6 Å². The molecule has 1 N–H and O–H groups in total. The molecule has 0 saturated carbocycles. The highest BCUT2D eigenvalue weighted by Crippen LogP contribution is 2.22. The van der Waals surface area contributed by atoms with Crippen molar-refractivity contribution in [2.24, 2.45) is 0 Å². The average Bonchev–Trinajstić information content (AvgIpc) is 2.84. The molecule has 0 aliphatic heterocycles. The number of nitrogens with zero attached hydrogens (tertiary/aromatic N) is 4. The Labute approximate surface area is 103 Å². The van der Waals surface area contributed by atoms with Crippen LogP contribution in [0.5, 0.6) is 5.75 Å². The topological polar surface area (TPSA) is 90.1 Å². The lowest BCUT2D eigenvalue weighted by Gasteiger charge is -2.10. The minimum atomic E-state index is -1.03. The Morgan fingerprint density at radius 2 is 2.22 bits per heavy atom. The van der Waals surface area contributed by atoms with Crippen molar-refractivity contribution in [1.82, 2.24) is 20.2 Å². The Morgan fingerprint density at radius 1 is 1.44 bits per heavy atom. The second-order valence-electron chi connectivity index (χ2n) is 3.51. The molecule has 0 fully saturated rings. The fourth-order valence-electron chi connectivity index (χ4n) is 1.51. The number of aryl methyl sites for hydroxylation is 1. The number of aromatic nitrogens is 4. The van der Waals surface area contributed by atoms with Crippen molar-refractivity contribution in [2.75, 3.05) is 6.61 Å². The molecule has 1 heterocycles. The first-order chi connectivity index (χ1) is 8.72. The lowest BCUT2D eigenvalue weighted by Crippen LogP contribution is -2.12. The fraction of sp³-hybridized carbons (Fsp3) is 0.273. The average molecular weight is 248 g/mol. The number of para-hydroxylation sites is 2. The number of tetrazole rings is 1. The van der Waals surface area contributed by atoms with Crippen LogP contribution in [0.1, 0.15) is 12.7 Å². The van der Waals surface area contributed by atoms with E-state index in [-0.39, 0.29) is 0 Å². The normalized spacial score (nSPS) is 10.3. The van der Waals surface area contributed by atoms with Gasteiger partial charge in [0.2, 0.25) is 0 Å². The zero-order valence-corrected chi connectivity index (χ0v) is 9.78. The lowest BCUT2D eigenvalue weighted by molar-refractivity contribution is -0.139. The second kappa shape index (κ2) is 5.26. The van der Waals surface area contributed by atoms with Crippen LogP contribution in [0.15, 0.2) is 24.3 Å². The number of carbonyl (C=O) groups is 1. The number of hydrogen-bond acceptors (Lipinski definition) is 5. The molecule has 94 valence electrons. The van der Waals surface area contributed by atoms with Gasteiger partial charge in [-0.3, -0.25) is 0 Å². The summed E-state index contributed by atoms with van der Waals surface area (Å²) in [7, 11) is 0. The second-order valence-corrected chi connectivity index (χ2v) is 3.51. The van der Waals surface area contributed by atoms with Crippen LogP contribution in [0.2, 0.25) is 0 Å². The van der Waals surface area contributed by atoms with Gasteiger partial charge in [-0.25, -0.2) is 4.79 Å². The Kier molecular flexibility index (Phi) is 3.52. The van der Waals surface area contributed by atoms with E-state index < -0.39 is 12.6 Å². The first kappa shape index (κ1) is 12.0. The molecule has 0 atom stereocenters. The van der Waals surface area contributed by atoms with Gasteiger partial charge < -0.3 is 9.84 Å². The fourth-order valence-corrected chi connectivity index (χ4v) is 1.51. The van der Waals surface area contributed by atoms with Crippen molar-refractivity contribution in [3.05, 3.63) is 30.1 Å². The van der Waals surface area contributed by atoms with Crippen LogP contribution >= 0.6 is 0 Å². The molecule has 1 aromatic carbocycles. The van der Waals surface area contributed by atoms with Crippen molar-refractivity contribution in [3.8, 4) is 11.4 Å². The molecular formula is C11H12N4O3. The number of ether oxygens (including phenoxy) is 1. The molecule has 0 unspecified atom stereocenters. The highest BCUT2D eigenvalue weighted by molar-refractivity contribution is 5.68. The number of aliphatic carboxylic acids is 1. The maximum absolute atomic E-state index is 10.5. The Morgan fingerprint density at radius 3 is 2.94 bits per heavy atom. The van der Waals surface area contributed by atoms with E-state index in [0.29, 0.717) is 23.7 Å². The third kappa shape index (κ3) is 2.45. The molecular weight excluding hydrogens is 236 g/mol. The predicted molar refractivity (Wildman–Crippen MR) is 61.7 cm³/mol. The first-order valence-electron chi connectivity index (χ1n) is 5.43. The molecule has 0 aliphatic rings. The summed E-state index contributed by atoms with van der Waals surface area (Å²) < 4.78 is 6.74. The standard InChI is InChI=1S/C11H12N4O3/c1-2-10-12-13-14-15(10)8-5-3-4-6-9(8)18-7-11(16)17/h3-6H,2,7H2,1H3,(H,16,17). The maximum atomic E-state index is 10.5. The lowest BCUT2D eigenvalue weighted by atomic mass is 10.3. The highest BCUT2D eigenvalue weighted by atomic mass is 16.5. The molecule has 2 aromatic rings. The monoisotopic (exact) mass is 248 g/mol. The highest BCUT2D eigenvalue weighted by Gasteiger charge is 2.12. The van der Waals surface area contributed by atoms with E-state index in [2.05, 4.69) is 15.5 Å². The minimum Gasteiger partial charge on any atom is -0.480 e. The van der Waals surface area contributed by atoms with E-state index in [1.165, 1.54) is 4.68 Å². The Balaban J connectivity index is 2.35. The van der Waals surface area contributed by atoms with Crippen molar-refractivity contribution in [3.63, 3.8) is 0 Å². The third-order valence-electron chi connectivity index (χ3n) is 2.29. The van der Waals surface area contributed by atoms with Gasteiger partial charge in [0, 0.05) is 6.42 Å². The number of benzene rings is 1. The van der Waals surface area contributed by atoms with Gasteiger partial charge in [0.05, 0.1) is 0 Å². The molecule has 0 radical (unpaired) electrons. The van der Waals surface area contributed by atoms with Crippen molar-refractivity contribution < 1.29 is 14.6 Å². The summed E-state index contributed by atoms with van der Waals surface area (Å²) in [6.07, 6.45) is 0.667. The summed E-state index contributed by atoms with van der Waals surface area (Å²) in [6, 6.07) is 7.02. The van der Waals surface area contributed by atoms with Gasteiger partial charge in [0.15, 0.2) is 12.4 Å². The predicted octanol–water partition coefficient (Wildman–Crippen LogP) is 0.688. The van der Waals surface area contributed by atoms with Gasteiger partial charge in [0.25, 0.3) is 0 Å². The van der Waals surface area contributed by atoms with Crippen molar-refractivity contribution in [2.45, 2.75) is 13.3 Å². The van der Waals surface area contributed by atoms with Crippen LogP contribution in [0.4, 0.5) is 0 Å². The van der Waals surface area contributed by atoms with E-state index in [1.54, 1.807) is 18.2 Å². The molecule has 0 bridgehead atoms. The molecule has 0 spiro atoms. The molecule has 0 amide bonds. The molecule has 18 heavy (non-hydrogen) atoms. The van der Waals surface area contributed by atoms with E-state index in [9.17, 15) is 4.79 Å². The number of hydrogen-bond donors (Lipinski definition) is 1. The molecule has 2 rings (SSSR count). The summed E-state index contributed by atoms with van der Waals surface area (Å²) >= 11 is 0. The Hall–Kier alpha value is -2.44. The van der Waals surface area contributed by atoms with Gasteiger partial charge in [-0.1, -0.05) is 19.1 Å². The maximum Gasteiger partial charge on any atom is 0.341 e. The first-order valence-corrected chi connectivity index (χ1v) is 5.43. The summed E-state index contributed by atoms with van der Waals surface area (Å²) in [5, 5.41) is 20.0. The minimum absolute atomic E-state index is 0.402. The number of carboxylic acids is 1. The molecule has 7 heteroatoms. The Bertz CT molecular complexity index is 553. The quantitative estimate of drug-likeness (QED) is 0.837. The SMILES string of the molecule is CCc1nnnn1-c1ccccc1OCC(=O)O. The van der Waals surface area contributed by atoms with E-state index in [1.807, 2.05) is 13.0 Å². The summed E-state index contributed by atoms with van der Waals surface area (Å²) in [5.41, 5.74) is 0.626. The number of rotatable bonds is 5. The van der Waals surface area contributed by atoms with Crippen molar-refractivity contribution in [1.29, 1.82) is 0 Å². The van der Waals surface area contributed by atoms with E-state index in [4.69, 9.17) is 9.84 Å². The van der Waals surface area contributed by atoms with Crippen LogP contribution in [0.3, 0.4) is 0 Å². The summed E-state index contributed by atoms with van der Waals surface area (Å²) in [4.78, 5) is 10.5.